The van der Waals surface area contributed by atoms with Gasteiger partial charge in [-0.2, -0.15) is 5.26 Å². The zero-order chi connectivity index (χ0) is 24.0. The van der Waals surface area contributed by atoms with E-state index in [-0.39, 0.29) is 12.1 Å². The van der Waals surface area contributed by atoms with Crippen LogP contribution >= 0.6 is 0 Å². The first-order valence-electron chi connectivity index (χ1n) is 11.6. The summed E-state index contributed by atoms with van der Waals surface area (Å²) in [6.07, 6.45) is 7.14. The Morgan fingerprint density at radius 1 is 1.21 bits per heavy atom. The van der Waals surface area contributed by atoms with E-state index in [0.717, 1.165) is 29.7 Å². The molecule has 176 valence electrons. The molecule has 0 spiro atoms. The Bertz CT molecular complexity index is 1280. The second-order valence-corrected chi connectivity index (χ2v) is 9.95. The first kappa shape index (κ1) is 22.1. The predicted molar refractivity (Wildman–Crippen MR) is 126 cm³/mol. The number of anilines is 1. The third kappa shape index (κ3) is 4.14. The van der Waals surface area contributed by atoms with Gasteiger partial charge >= 0.3 is 6.09 Å². The quantitative estimate of drug-likeness (QED) is 0.584. The third-order valence-electron chi connectivity index (χ3n) is 6.13. The number of nitrogens with zero attached hydrogens (tertiary/aromatic N) is 8. The maximum Gasteiger partial charge on any atom is 0.410 e. The lowest BCUT2D eigenvalue weighted by atomic mass is 10.1. The van der Waals surface area contributed by atoms with Crippen molar-refractivity contribution in [3.05, 3.63) is 36.0 Å². The lowest BCUT2D eigenvalue weighted by Gasteiger charge is -2.41. The lowest BCUT2D eigenvalue weighted by molar-refractivity contribution is 0.0218. The molecular formula is C24H28N8O2. The van der Waals surface area contributed by atoms with Crippen LogP contribution in [-0.2, 0) is 4.74 Å². The smallest absolute Gasteiger partial charge is 0.410 e. The minimum Gasteiger partial charge on any atom is -0.444 e. The molecule has 0 radical (unpaired) electrons. The molecule has 2 aliphatic rings. The molecule has 1 atom stereocenters. The molecule has 0 unspecified atom stereocenters. The van der Waals surface area contributed by atoms with Crippen LogP contribution in [0.15, 0.2) is 24.8 Å². The molecule has 0 bridgehead atoms. The number of carbonyl (C=O) groups is 1. The van der Waals surface area contributed by atoms with Crippen molar-refractivity contribution in [1.29, 1.82) is 5.26 Å². The monoisotopic (exact) mass is 460 g/mol. The van der Waals surface area contributed by atoms with Crippen molar-refractivity contribution in [2.75, 3.05) is 24.5 Å². The number of hydrogen-bond acceptors (Lipinski definition) is 8. The summed E-state index contributed by atoms with van der Waals surface area (Å²) in [6, 6.07) is 3.71. The molecule has 1 saturated carbocycles. The number of nitriles is 1. The molecular weight excluding hydrogens is 432 g/mol. The number of piperazine rings is 1. The molecule has 4 heterocycles. The van der Waals surface area contributed by atoms with E-state index in [1.807, 2.05) is 31.5 Å². The molecule has 1 amide bonds. The van der Waals surface area contributed by atoms with Gasteiger partial charge in [0.05, 0.1) is 5.39 Å². The number of hydrogen-bond donors (Lipinski definition) is 0. The highest BCUT2D eigenvalue weighted by Gasteiger charge is 2.35. The van der Waals surface area contributed by atoms with Crippen molar-refractivity contribution in [3.63, 3.8) is 0 Å². The lowest BCUT2D eigenvalue weighted by Crippen LogP contribution is -2.54. The van der Waals surface area contributed by atoms with Crippen LogP contribution in [0.1, 0.15) is 57.7 Å². The summed E-state index contributed by atoms with van der Waals surface area (Å²) in [5.74, 6) is 1.73. The fourth-order valence-electron chi connectivity index (χ4n) is 4.44. The van der Waals surface area contributed by atoms with Gasteiger partial charge in [0.2, 0.25) is 5.95 Å². The Balaban J connectivity index is 1.51. The third-order valence-corrected chi connectivity index (χ3v) is 6.13. The Labute approximate surface area is 198 Å². The molecule has 10 heteroatoms. The summed E-state index contributed by atoms with van der Waals surface area (Å²) in [5, 5.41) is 10.3. The van der Waals surface area contributed by atoms with Gasteiger partial charge in [-0.05, 0) is 58.1 Å². The van der Waals surface area contributed by atoms with E-state index in [1.165, 1.54) is 5.56 Å². The van der Waals surface area contributed by atoms with Crippen LogP contribution < -0.4 is 4.90 Å². The maximum atomic E-state index is 12.6. The van der Waals surface area contributed by atoms with Gasteiger partial charge < -0.3 is 14.5 Å². The Kier molecular flexibility index (Phi) is 5.35. The predicted octanol–water partition coefficient (Wildman–Crippen LogP) is 3.41. The minimum atomic E-state index is -0.525. The Morgan fingerprint density at radius 3 is 2.68 bits per heavy atom. The highest BCUT2D eigenvalue weighted by molar-refractivity contribution is 5.93. The van der Waals surface area contributed by atoms with Crippen molar-refractivity contribution >= 4 is 22.9 Å². The summed E-state index contributed by atoms with van der Waals surface area (Å²) < 4.78 is 7.43. The summed E-state index contributed by atoms with van der Waals surface area (Å²) in [5.41, 5.74) is 1.69. The van der Waals surface area contributed by atoms with Gasteiger partial charge in [-0.3, -0.25) is 4.57 Å². The van der Waals surface area contributed by atoms with Crippen molar-refractivity contribution in [3.8, 4) is 12.0 Å². The molecule has 2 fully saturated rings. The van der Waals surface area contributed by atoms with E-state index in [1.54, 1.807) is 23.5 Å². The molecule has 1 aliphatic carbocycles. The number of aromatic nitrogens is 5. The van der Waals surface area contributed by atoms with Crippen LogP contribution in [0.5, 0.6) is 0 Å². The molecule has 1 aliphatic heterocycles. The number of ether oxygens (including phenoxy) is 1. The number of fused-ring (bicyclic) bond motifs is 1. The normalized spacial score (nSPS) is 18.7. The van der Waals surface area contributed by atoms with Crippen molar-refractivity contribution in [2.45, 2.75) is 58.1 Å². The fourth-order valence-corrected chi connectivity index (χ4v) is 4.44. The van der Waals surface area contributed by atoms with Crippen LogP contribution in [0.2, 0.25) is 0 Å². The van der Waals surface area contributed by atoms with E-state index in [2.05, 4.69) is 32.8 Å². The molecule has 3 aromatic heterocycles. The molecule has 34 heavy (non-hydrogen) atoms. The topological polar surface area (TPSA) is 113 Å². The van der Waals surface area contributed by atoms with E-state index in [9.17, 15) is 10.1 Å². The van der Waals surface area contributed by atoms with Gasteiger partial charge in [-0.15, -0.1) is 0 Å². The molecule has 0 aromatic carbocycles. The van der Waals surface area contributed by atoms with Crippen molar-refractivity contribution < 1.29 is 9.53 Å². The van der Waals surface area contributed by atoms with Crippen LogP contribution in [0.3, 0.4) is 0 Å². The largest absolute Gasteiger partial charge is 0.444 e. The van der Waals surface area contributed by atoms with Crippen LogP contribution in [-0.4, -0.2) is 66.8 Å². The molecule has 3 aromatic rings. The standard InChI is InChI=1S/C24H28N8O2/c1-15-12-30(23(33)34-24(2,3)4)9-10-31(15)20-19-18(16-5-6-16)13-32(21(19)28-14-27-20)22-26-8-7-17(11-25)29-22/h7-8,13-16H,5-6,9-10,12H2,1-4H3/t15-/m0/s1. The average Bonchev–Trinajstić information content (AvgIpc) is 3.57. The highest BCUT2D eigenvalue weighted by Crippen LogP contribution is 2.46. The summed E-state index contributed by atoms with van der Waals surface area (Å²) in [4.78, 5) is 34.7. The molecule has 10 nitrogen and oxygen atoms in total. The van der Waals surface area contributed by atoms with Crippen LogP contribution in [0.4, 0.5) is 10.6 Å². The minimum absolute atomic E-state index is 0.0490. The molecule has 0 N–H and O–H groups in total. The van der Waals surface area contributed by atoms with E-state index >= 15 is 0 Å². The average molecular weight is 461 g/mol. The van der Waals surface area contributed by atoms with E-state index in [4.69, 9.17) is 9.72 Å². The number of rotatable bonds is 3. The first-order chi connectivity index (χ1) is 16.2. The Morgan fingerprint density at radius 2 is 2.00 bits per heavy atom. The van der Waals surface area contributed by atoms with E-state index in [0.29, 0.717) is 37.2 Å². The SMILES string of the molecule is C[C@H]1CN(C(=O)OC(C)(C)C)CCN1c1ncnc2c1c(C1CC1)cn2-c1nccc(C#N)n1. The van der Waals surface area contributed by atoms with Gasteiger partial charge in [-0.25, -0.2) is 24.7 Å². The fraction of sp³-hybridized carbons (Fsp3) is 0.500. The van der Waals surface area contributed by atoms with Crippen LogP contribution in [0, 0.1) is 11.3 Å². The first-order valence-corrected chi connectivity index (χ1v) is 11.6. The van der Waals surface area contributed by atoms with Gasteiger partial charge in [-0.1, -0.05) is 0 Å². The van der Waals surface area contributed by atoms with Gasteiger partial charge in [0.1, 0.15) is 29.5 Å². The highest BCUT2D eigenvalue weighted by atomic mass is 16.6. The second kappa shape index (κ2) is 8.24. The molecule has 1 saturated heterocycles. The summed E-state index contributed by atoms with van der Waals surface area (Å²) >= 11 is 0. The number of amides is 1. The summed E-state index contributed by atoms with van der Waals surface area (Å²) in [6.45, 7) is 9.47. The summed E-state index contributed by atoms with van der Waals surface area (Å²) in [7, 11) is 0. The van der Waals surface area contributed by atoms with Crippen molar-refractivity contribution in [1.82, 2.24) is 29.4 Å². The van der Waals surface area contributed by atoms with Crippen LogP contribution in [0.25, 0.3) is 17.0 Å². The second-order valence-electron chi connectivity index (χ2n) is 9.95. The van der Waals surface area contributed by atoms with Crippen molar-refractivity contribution in [2.24, 2.45) is 0 Å². The van der Waals surface area contributed by atoms with E-state index < -0.39 is 5.60 Å². The van der Waals surface area contributed by atoms with Gasteiger partial charge in [0.25, 0.3) is 0 Å². The maximum absolute atomic E-state index is 12.6. The van der Waals surface area contributed by atoms with Gasteiger partial charge in [0, 0.05) is 38.1 Å². The number of carbonyl (C=O) groups excluding carboxylic acids is 1. The zero-order valence-electron chi connectivity index (χ0n) is 19.9. The zero-order valence-corrected chi connectivity index (χ0v) is 19.9. The Hall–Kier alpha value is -3.74. The molecule has 5 rings (SSSR count). The van der Waals surface area contributed by atoms with Gasteiger partial charge in [0.15, 0.2) is 5.65 Å².